The fourth-order valence-electron chi connectivity index (χ4n) is 3.15. The summed E-state index contributed by atoms with van der Waals surface area (Å²) in [6.45, 7) is 7.63. The van der Waals surface area contributed by atoms with Crippen molar-refractivity contribution in [1.82, 2.24) is 10.2 Å². The van der Waals surface area contributed by atoms with Gasteiger partial charge in [-0.1, -0.05) is 59.0 Å². The second kappa shape index (κ2) is 12.5. The molecule has 0 saturated heterocycles. The molecule has 0 fully saturated rings. The Hall–Kier alpha value is -1.76. The smallest absolute Gasteiger partial charge is 0.261 e. The van der Waals surface area contributed by atoms with E-state index in [1.54, 1.807) is 24.3 Å². The largest absolute Gasteiger partial charge is 0.484 e. The van der Waals surface area contributed by atoms with E-state index in [9.17, 15) is 9.59 Å². The van der Waals surface area contributed by atoms with Crippen LogP contribution in [0.25, 0.3) is 0 Å². The van der Waals surface area contributed by atoms with Crippen LogP contribution < -0.4 is 10.1 Å². The lowest BCUT2D eigenvalue weighted by Crippen LogP contribution is -2.51. The average molecular weight is 544 g/mol. The van der Waals surface area contributed by atoms with E-state index in [4.69, 9.17) is 27.9 Å². The highest BCUT2D eigenvalue weighted by atomic mass is 79.9. The first kappa shape index (κ1) is 26.5. The van der Waals surface area contributed by atoms with Crippen LogP contribution in [0, 0.1) is 6.92 Å². The fourth-order valence-corrected chi connectivity index (χ4v) is 3.91. The van der Waals surface area contributed by atoms with Gasteiger partial charge >= 0.3 is 0 Å². The third-order valence-electron chi connectivity index (χ3n) is 5.27. The van der Waals surface area contributed by atoms with E-state index in [1.165, 1.54) is 4.90 Å². The number of halogens is 3. The van der Waals surface area contributed by atoms with Crippen LogP contribution in [0.15, 0.2) is 40.9 Å². The molecule has 2 aromatic rings. The third-order valence-corrected chi connectivity index (χ3v) is 6.87. The highest BCUT2D eigenvalue weighted by molar-refractivity contribution is 9.10. The van der Waals surface area contributed by atoms with Crippen LogP contribution in [0.2, 0.25) is 10.0 Å². The van der Waals surface area contributed by atoms with Gasteiger partial charge in [-0.2, -0.15) is 0 Å². The molecular weight excluding hydrogens is 515 g/mol. The molecular formula is C24H29BrCl2N2O3. The van der Waals surface area contributed by atoms with Gasteiger partial charge in [0.2, 0.25) is 5.91 Å². The third kappa shape index (κ3) is 7.12. The number of carbonyl (C=O) groups is 2. The molecule has 2 atom stereocenters. The second-order valence-corrected chi connectivity index (χ2v) is 9.33. The molecule has 2 aromatic carbocycles. The molecule has 2 rings (SSSR count). The summed E-state index contributed by atoms with van der Waals surface area (Å²) in [5.41, 5.74) is 1.59. The number of benzene rings is 2. The molecule has 1 N–H and O–H groups in total. The van der Waals surface area contributed by atoms with E-state index in [2.05, 4.69) is 21.2 Å². The maximum absolute atomic E-state index is 13.3. The van der Waals surface area contributed by atoms with Gasteiger partial charge < -0.3 is 15.0 Å². The maximum Gasteiger partial charge on any atom is 0.261 e. The van der Waals surface area contributed by atoms with Crippen molar-refractivity contribution in [1.29, 1.82) is 0 Å². The predicted molar refractivity (Wildman–Crippen MR) is 133 cm³/mol. The number of hydrogen-bond acceptors (Lipinski definition) is 3. The molecule has 0 aliphatic carbocycles. The van der Waals surface area contributed by atoms with E-state index in [0.29, 0.717) is 27.8 Å². The number of ether oxygens (including phenoxy) is 1. The molecule has 8 heteroatoms. The van der Waals surface area contributed by atoms with E-state index in [-0.39, 0.29) is 31.0 Å². The summed E-state index contributed by atoms with van der Waals surface area (Å²) in [6, 6.07) is 9.99. The first-order valence-electron chi connectivity index (χ1n) is 10.6. The van der Waals surface area contributed by atoms with Gasteiger partial charge in [0.1, 0.15) is 11.8 Å². The first-order chi connectivity index (χ1) is 15.2. The van der Waals surface area contributed by atoms with Crippen molar-refractivity contribution in [3.05, 3.63) is 62.0 Å². The molecule has 0 spiro atoms. The summed E-state index contributed by atoms with van der Waals surface area (Å²) in [6.07, 6.45) is 1.23. The minimum atomic E-state index is -0.681. The highest BCUT2D eigenvalue weighted by Crippen LogP contribution is 2.27. The molecule has 0 bridgehead atoms. The summed E-state index contributed by atoms with van der Waals surface area (Å²) in [4.78, 5) is 27.8. The van der Waals surface area contributed by atoms with E-state index >= 15 is 0 Å². The van der Waals surface area contributed by atoms with E-state index < -0.39 is 6.04 Å². The lowest BCUT2D eigenvalue weighted by molar-refractivity contribution is -0.143. The lowest BCUT2D eigenvalue weighted by Gasteiger charge is -2.32. The topological polar surface area (TPSA) is 58.6 Å². The van der Waals surface area contributed by atoms with Gasteiger partial charge in [0.25, 0.3) is 5.91 Å². The zero-order chi connectivity index (χ0) is 23.8. The Morgan fingerprint density at radius 1 is 1.12 bits per heavy atom. The summed E-state index contributed by atoms with van der Waals surface area (Å²) in [7, 11) is 0. The molecule has 2 unspecified atom stereocenters. The monoisotopic (exact) mass is 542 g/mol. The Labute approximate surface area is 208 Å². The number of nitrogens with zero attached hydrogens (tertiary/aromatic N) is 1. The van der Waals surface area contributed by atoms with Crippen molar-refractivity contribution in [3.8, 4) is 5.75 Å². The van der Waals surface area contributed by atoms with Crippen molar-refractivity contribution in [2.45, 2.75) is 59.2 Å². The van der Waals surface area contributed by atoms with Gasteiger partial charge in [-0.15, -0.1) is 0 Å². The van der Waals surface area contributed by atoms with Gasteiger partial charge in [-0.05, 0) is 62.6 Å². The van der Waals surface area contributed by atoms with Crippen molar-refractivity contribution in [2.24, 2.45) is 0 Å². The van der Waals surface area contributed by atoms with Crippen molar-refractivity contribution >= 4 is 50.9 Å². The molecule has 0 saturated carbocycles. The van der Waals surface area contributed by atoms with E-state index in [1.807, 2.05) is 39.8 Å². The zero-order valence-corrected chi connectivity index (χ0v) is 21.9. The van der Waals surface area contributed by atoms with Crippen LogP contribution in [0.5, 0.6) is 5.75 Å². The number of nitrogens with one attached hydrogen (secondary N) is 1. The Bertz CT molecular complexity index is 935. The standard InChI is InChI=1S/C24H29BrCl2N2O3/c1-5-16(4)28-24(31)22(6-2)29(13-18-20(26)8-7-9-21(18)27)23(30)14-32-17-10-11-19(25)15(3)12-17/h7-12,16,22H,5-6,13-14H2,1-4H3,(H,28,31). The Kier molecular flexibility index (Phi) is 10.3. The minimum absolute atomic E-state index is 0.000561. The second-order valence-electron chi connectivity index (χ2n) is 7.66. The molecule has 174 valence electrons. The van der Waals surface area contributed by atoms with E-state index in [0.717, 1.165) is 16.5 Å². The van der Waals surface area contributed by atoms with Crippen molar-refractivity contribution in [3.63, 3.8) is 0 Å². The summed E-state index contributed by atoms with van der Waals surface area (Å²) >= 11 is 16.2. The molecule has 2 amide bonds. The van der Waals surface area contributed by atoms with Crippen LogP contribution in [0.4, 0.5) is 0 Å². The van der Waals surface area contributed by atoms with Gasteiger partial charge in [-0.25, -0.2) is 0 Å². The van der Waals surface area contributed by atoms with Gasteiger partial charge in [0.05, 0.1) is 0 Å². The molecule has 0 heterocycles. The molecule has 0 aromatic heterocycles. The molecule has 0 aliphatic heterocycles. The summed E-state index contributed by atoms with van der Waals surface area (Å²) < 4.78 is 6.71. The molecule has 0 aliphatic rings. The number of rotatable bonds is 10. The fraction of sp³-hybridized carbons (Fsp3) is 0.417. The lowest BCUT2D eigenvalue weighted by atomic mass is 10.1. The summed E-state index contributed by atoms with van der Waals surface area (Å²) in [5, 5.41) is 3.86. The molecule has 5 nitrogen and oxygen atoms in total. The number of carbonyl (C=O) groups excluding carboxylic acids is 2. The zero-order valence-electron chi connectivity index (χ0n) is 18.8. The van der Waals surface area contributed by atoms with Crippen LogP contribution in [-0.2, 0) is 16.1 Å². The number of amides is 2. The SMILES string of the molecule is CCC(C)NC(=O)C(CC)N(Cc1c(Cl)cccc1Cl)C(=O)COc1ccc(Br)c(C)c1. The predicted octanol–water partition coefficient (Wildman–Crippen LogP) is 6.17. The first-order valence-corrected chi connectivity index (χ1v) is 12.1. The van der Waals surface area contributed by atoms with Crippen LogP contribution >= 0.6 is 39.1 Å². The number of aryl methyl sites for hydroxylation is 1. The van der Waals surface area contributed by atoms with Crippen molar-refractivity contribution < 1.29 is 14.3 Å². The van der Waals surface area contributed by atoms with Gasteiger partial charge in [0, 0.05) is 32.7 Å². The van der Waals surface area contributed by atoms with Crippen LogP contribution in [0.3, 0.4) is 0 Å². The van der Waals surface area contributed by atoms with Crippen LogP contribution in [-0.4, -0.2) is 35.4 Å². The maximum atomic E-state index is 13.3. The van der Waals surface area contributed by atoms with Gasteiger partial charge in [0.15, 0.2) is 6.61 Å². The average Bonchev–Trinajstić information content (AvgIpc) is 2.76. The Morgan fingerprint density at radius 3 is 2.34 bits per heavy atom. The minimum Gasteiger partial charge on any atom is -0.484 e. The Balaban J connectivity index is 2.29. The highest BCUT2D eigenvalue weighted by Gasteiger charge is 2.30. The van der Waals surface area contributed by atoms with Crippen LogP contribution in [0.1, 0.15) is 44.7 Å². The quantitative estimate of drug-likeness (QED) is 0.390. The molecule has 0 radical (unpaired) electrons. The Morgan fingerprint density at radius 2 is 1.78 bits per heavy atom. The number of hydrogen-bond donors (Lipinski definition) is 1. The van der Waals surface area contributed by atoms with Crippen molar-refractivity contribution in [2.75, 3.05) is 6.61 Å². The molecule has 32 heavy (non-hydrogen) atoms. The normalized spacial score (nSPS) is 12.7. The summed E-state index contributed by atoms with van der Waals surface area (Å²) in [5.74, 6) is 0.0393. The van der Waals surface area contributed by atoms with Gasteiger partial charge in [-0.3, -0.25) is 9.59 Å².